The fraction of sp³-hybridized carbons (Fsp3) is 0.150. The number of hydrogen-bond acceptors (Lipinski definition) is 9. The summed E-state index contributed by atoms with van der Waals surface area (Å²) in [5.74, 6) is -0.0544. The number of Topliss-reactive ketones (excluding diaryl/α,β-unsaturated/α-hetero) is 1. The summed E-state index contributed by atoms with van der Waals surface area (Å²) in [7, 11) is 1.66. The number of ether oxygens (including phenoxy) is 2. The van der Waals surface area contributed by atoms with E-state index >= 15 is 0 Å². The van der Waals surface area contributed by atoms with Crippen molar-refractivity contribution in [3.8, 4) is 17.2 Å². The molecular formula is C40H40ClN3O8. The summed E-state index contributed by atoms with van der Waals surface area (Å²) in [4.78, 5) is 44.0. The summed E-state index contributed by atoms with van der Waals surface area (Å²) >= 11 is 5.07. The Morgan fingerprint density at radius 2 is 0.923 bits per heavy atom. The number of nitrogens with zero attached hydrogens (tertiary/aromatic N) is 1. The molecule has 270 valence electrons. The minimum atomic E-state index is -1.00. The lowest BCUT2D eigenvalue weighted by molar-refractivity contribution is -0.117. The van der Waals surface area contributed by atoms with Crippen LogP contribution >= 0.6 is 11.6 Å². The SMILES string of the molecule is CC(=O)CCCCC(=O)Cl.COc1ccc(N(c2ccc(N)cc2)c2ccc(N)cc2)cc1.O=C(O)c1ccc(Oc2ccc(C(=O)O)cc2)cc1. The van der Waals surface area contributed by atoms with Crippen LogP contribution in [0.4, 0.5) is 28.4 Å². The lowest BCUT2D eigenvalue weighted by Crippen LogP contribution is -2.10. The van der Waals surface area contributed by atoms with Crippen LogP contribution in [0.25, 0.3) is 0 Å². The number of rotatable bonds is 13. The number of nitrogens with two attached hydrogens (primary N) is 2. The van der Waals surface area contributed by atoms with Crippen LogP contribution in [-0.2, 0) is 9.59 Å². The Morgan fingerprint density at radius 1 is 0.577 bits per heavy atom. The Balaban J connectivity index is 0.000000227. The first-order valence-electron chi connectivity index (χ1n) is 16.0. The van der Waals surface area contributed by atoms with Crippen molar-refractivity contribution in [2.45, 2.75) is 32.6 Å². The Labute approximate surface area is 307 Å². The Kier molecular flexibility index (Phi) is 15.7. The monoisotopic (exact) mass is 725 g/mol. The molecular weight excluding hydrogens is 686 g/mol. The highest BCUT2D eigenvalue weighted by Gasteiger charge is 2.12. The van der Waals surface area contributed by atoms with E-state index in [1.807, 2.05) is 72.8 Å². The molecule has 0 spiro atoms. The Bertz CT molecular complexity index is 1780. The summed E-state index contributed by atoms with van der Waals surface area (Å²) in [6.07, 6.45) is 2.44. The highest BCUT2D eigenvalue weighted by molar-refractivity contribution is 6.63. The Morgan fingerprint density at radius 3 is 1.25 bits per heavy atom. The fourth-order valence-electron chi connectivity index (χ4n) is 4.53. The first kappa shape index (κ1) is 40.1. The third kappa shape index (κ3) is 13.5. The number of aromatic carboxylic acids is 2. The largest absolute Gasteiger partial charge is 0.497 e. The van der Waals surface area contributed by atoms with Crippen LogP contribution in [-0.4, -0.2) is 40.3 Å². The number of anilines is 5. The standard InChI is InChI=1S/C19H19N3O.C14H10O5.C7H11ClO2/c1-23-19-12-10-18(11-13-19)22(16-6-2-14(20)3-7-16)17-8-4-15(21)5-9-17;15-13(16)9-1-5-11(6-2-9)19-12-7-3-10(4-8-12)14(17)18;1-6(9)4-2-3-5-7(8)10/h2-13H,20-21H2,1H3;1-8H,(H,15,16)(H,17,18);2-5H2,1H3. The number of unbranched alkanes of at least 4 members (excludes halogenated alkanes) is 1. The molecule has 6 N–H and O–H groups in total. The van der Waals surface area contributed by atoms with Gasteiger partial charge in [-0.05, 0) is 153 Å². The van der Waals surface area contributed by atoms with Crippen molar-refractivity contribution in [3.63, 3.8) is 0 Å². The maximum Gasteiger partial charge on any atom is 0.335 e. The number of ketones is 1. The van der Waals surface area contributed by atoms with Crippen molar-refractivity contribution >= 4 is 63.0 Å². The van der Waals surface area contributed by atoms with E-state index in [4.69, 9.17) is 42.8 Å². The molecule has 0 heterocycles. The van der Waals surface area contributed by atoms with Gasteiger partial charge in [0.2, 0.25) is 5.24 Å². The number of benzene rings is 5. The molecule has 0 bridgehead atoms. The number of nitrogen functional groups attached to an aromatic ring is 2. The van der Waals surface area contributed by atoms with Crippen molar-refractivity contribution in [1.82, 2.24) is 0 Å². The van der Waals surface area contributed by atoms with Crippen LogP contribution in [0, 0.1) is 0 Å². The van der Waals surface area contributed by atoms with Gasteiger partial charge in [0, 0.05) is 41.3 Å². The lowest BCUT2D eigenvalue weighted by Gasteiger charge is -2.25. The van der Waals surface area contributed by atoms with E-state index in [-0.39, 0.29) is 22.2 Å². The third-order valence-corrected chi connectivity index (χ3v) is 7.41. The van der Waals surface area contributed by atoms with Crippen LogP contribution < -0.4 is 25.8 Å². The second-order valence-corrected chi connectivity index (χ2v) is 11.7. The molecule has 0 aliphatic carbocycles. The number of methoxy groups -OCH3 is 1. The molecule has 0 aromatic heterocycles. The predicted octanol–water partition coefficient (Wildman–Crippen LogP) is 9.11. The molecule has 52 heavy (non-hydrogen) atoms. The second kappa shape index (κ2) is 20.4. The molecule has 5 rings (SSSR count). The van der Waals surface area contributed by atoms with Gasteiger partial charge in [-0.2, -0.15) is 0 Å². The summed E-state index contributed by atoms with van der Waals surface area (Å²) in [5.41, 5.74) is 16.5. The van der Waals surface area contributed by atoms with Crippen molar-refractivity contribution in [1.29, 1.82) is 0 Å². The highest BCUT2D eigenvalue weighted by atomic mass is 35.5. The van der Waals surface area contributed by atoms with E-state index in [9.17, 15) is 19.2 Å². The van der Waals surface area contributed by atoms with Gasteiger partial charge < -0.3 is 40.8 Å². The lowest BCUT2D eigenvalue weighted by atomic mass is 10.1. The summed E-state index contributed by atoms with van der Waals surface area (Å²) in [6, 6.07) is 35.4. The topological polar surface area (TPSA) is 182 Å². The van der Waals surface area contributed by atoms with Gasteiger partial charge in [0.15, 0.2) is 0 Å². The van der Waals surface area contributed by atoms with E-state index in [0.717, 1.165) is 47.0 Å². The zero-order valence-electron chi connectivity index (χ0n) is 28.7. The molecule has 11 nitrogen and oxygen atoms in total. The smallest absolute Gasteiger partial charge is 0.335 e. The van der Waals surface area contributed by atoms with E-state index in [1.165, 1.54) is 48.5 Å². The second-order valence-electron chi connectivity index (χ2n) is 11.2. The Hall–Kier alpha value is -6.33. The quantitative estimate of drug-likeness (QED) is 0.0516. The van der Waals surface area contributed by atoms with E-state index in [0.29, 0.717) is 24.3 Å². The molecule has 12 heteroatoms. The minimum Gasteiger partial charge on any atom is -0.497 e. The summed E-state index contributed by atoms with van der Waals surface area (Å²) < 4.78 is 10.7. The van der Waals surface area contributed by atoms with Gasteiger partial charge in [-0.25, -0.2) is 9.59 Å². The van der Waals surface area contributed by atoms with Crippen LogP contribution in [0.15, 0.2) is 121 Å². The van der Waals surface area contributed by atoms with Gasteiger partial charge in [-0.1, -0.05) is 0 Å². The molecule has 0 unspecified atom stereocenters. The maximum absolute atomic E-state index is 10.7. The van der Waals surface area contributed by atoms with Crippen LogP contribution in [0.3, 0.4) is 0 Å². The van der Waals surface area contributed by atoms with Gasteiger partial charge in [0.25, 0.3) is 0 Å². The van der Waals surface area contributed by atoms with E-state index in [1.54, 1.807) is 14.0 Å². The van der Waals surface area contributed by atoms with Crippen molar-refractivity contribution in [3.05, 3.63) is 132 Å². The van der Waals surface area contributed by atoms with Gasteiger partial charge >= 0.3 is 11.9 Å². The molecule has 5 aromatic carbocycles. The van der Waals surface area contributed by atoms with Crippen LogP contribution in [0.5, 0.6) is 17.2 Å². The third-order valence-electron chi connectivity index (χ3n) is 7.22. The first-order chi connectivity index (χ1) is 24.9. The molecule has 0 saturated heterocycles. The van der Waals surface area contributed by atoms with Crippen molar-refractivity contribution in [2.24, 2.45) is 0 Å². The number of carbonyl (C=O) groups is 4. The van der Waals surface area contributed by atoms with Gasteiger partial charge in [-0.3, -0.25) is 4.79 Å². The molecule has 0 atom stereocenters. The van der Waals surface area contributed by atoms with E-state index < -0.39 is 11.9 Å². The zero-order valence-corrected chi connectivity index (χ0v) is 29.5. The van der Waals surface area contributed by atoms with E-state index in [2.05, 4.69) is 4.90 Å². The van der Waals surface area contributed by atoms with Crippen LogP contribution in [0.2, 0.25) is 0 Å². The highest BCUT2D eigenvalue weighted by Crippen LogP contribution is 2.35. The maximum atomic E-state index is 10.7. The number of carbonyl (C=O) groups excluding carboxylic acids is 2. The number of hydrogen-bond donors (Lipinski definition) is 4. The van der Waals surface area contributed by atoms with Gasteiger partial charge in [0.1, 0.15) is 23.0 Å². The number of halogens is 1. The first-order valence-corrected chi connectivity index (χ1v) is 16.4. The predicted molar refractivity (Wildman–Crippen MR) is 203 cm³/mol. The number of carboxylic acid groups (broad SMARTS) is 2. The van der Waals surface area contributed by atoms with Crippen molar-refractivity contribution < 1.29 is 38.9 Å². The molecule has 5 aromatic rings. The zero-order chi connectivity index (χ0) is 38.0. The van der Waals surface area contributed by atoms with Crippen molar-refractivity contribution in [2.75, 3.05) is 23.5 Å². The molecule has 0 aliphatic heterocycles. The molecule has 0 saturated carbocycles. The summed E-state index contributed by atoms with van der Waals surface area (Å²) in [6.45, 7) is 1.54. The summed E-state index contributed by atoms with van der Waals surface area (Å²) in [5, 5.41) is 17.2. The molecule has 0 aliphatic rings. The molecule has 0 fully saturated rings. The molecule has 0 amide bonds. The normalized spacial score (nSPS) is 9.98. The fourth-order valence-corrected chi connectivity index (χ4v) is 4.66. The van der Waals surface area contributed by atoms with Crippen LogP contribution in [0.1, 0.15) is 53.3 Å². The number of carboxylic acids is 2. The average Bonchev–Trinajstić information content (AvgIpc) is 3.13. The molecule has 0 radical (unpaired) electrons. The average molecular weight is 726 g/mol. The van der Waals surface area contributed by atoms with Gasteiger partial charge in [0.05, 0.1) is 18.2 Å². The minimum absolute atomic E-state index is 0.169. The van der Waals surface area contributed by atoms with Gasteiger partial charge in [-0.15, -0.1) is 0 Å².